The molecule has 0 spiro atoms. The molecule has 3 aromatic carbocycles. The molecule has 0 heterocycles. The molecular weight excluding hydrogens is 309 g/mol. The maximum Gasteiger partial charge on any atom is 0.123 e. The fraction of sp³-hybridized carbons (Fsp3) is 0.217. The minimum Gasteiger partial charge on any atom is -0.310 e. The molecule has 2 heteroatoms. The molecule has 0 aliphatic heterocycles. The maximum atomic E-state index is 13.1. The van der Waals surface area contributed by atoms with Crippen LogP contribution in [-0.2, 0) is 0 Å². The molecule has 0 amide bonds. The summed E-state index contributed by atoms with van der Waals surface area (Å²) < 4.78 is 13.1. The quantitative estimate of drug-likeness (QED) is 0.585. The van der Waals surface area contributed by atoms with Crippen LogP contribution in [0.5, 0.6) is 0 Å². The van der Waals surface area contributed by atoms with Gasteiger partial charge in [0.1, 0.15) is 5.82 Å². The summed E-state index contributed by atoms with van der Waals surface area (Å²) in [5, 5.41) is 3.57. The third-order valence-corrected chi connectivity index (χ3v) is 4.66. The Morgan fingerprint density at radius 3 is 1.76 bits per heavy atom. The summed E-state index contributed by atoms with van der Waals surface area (Å²) in [6.45, 7) is 3.01. The first kappa shape index (κ1) is 17.4. The number of nitrogens with one attached hydrogen (secondary N) is 1. The summed E-state index contributed by atoms with van der Waals surface area (Å²) in [6.07, 6.45) is 1.01. The van der Waals surface area contributed by atoms with E-state index in [1.807, 2.05) is 12.1 Å². The average molecular weight is 333 g/mol. The molecule has 0 fully saturated rings. The number of hydrogen-bond donors (Lipinski definition) is 1. The van der Waals surface area contributed by atoms with Crippen LogP contribution >= 0.6 is 0 Å². The third kappa shape index (κ3) is 4.77. The van der Waals surface area contributed by atoms with Crippen molar-refractivity contribution in [1.82, 2.24) is 5.32 Å². The second-order valence-electron chi connectivity index (χ2n) is 6.39. The van der Waals surface area contributed by atoms with Crippen molar-refractivity contribution in [2.75, 3.05) is 6.54 Å². The zero-order valence-electron chi connectivity index (χ0n) is 14.5. The van der Waals surface area contributed by atoms with Gasteiger partial charge in [-0.2, -0.15) is 0 Å². The van der Waals surface area contributed by atoms with Gasteiger partial charge in [0.2, 0.25) is 0 Å². The summed E-state index contributed by atoms with van der Waals surface area (Å²) in [5.74, 6) is 0.180. The van der Waals surface area contributed by atoms with Crippen LogP contribution in [0.2, 0.25) is 0 Å². The summed E-state index contributed by atoms with van der Waals surface area (Å²) in [6, 6.07) is 28.2. The Balaban J connectivity index is 1.66. The van der Waals surface area contributed by atoms with E-state index in [1.165, 1.54) is 23.3 Å². The minimum absolute atomic E-state index is 0.191. The second-order valence-corrected chi connectivity index (χ2v) is 6.39. The van der Waals surface area contributed by atoms with E-state index >= 15 is 0 Å². The van der Waals surface area contributed by atoms with Crippen LogP contribution in [0.4, 0.5) is 4.39 Å². The fourth-order valence-corrected chi connectivity index (χ4v) is 3.21. The molecule has 0 radical (unpaired) electrons. The lowest BCUT2D eigenvalue weighted by Crippen LogP contribution is -2.21. The number of halogens is 1. The van der Waals surface area contributed by atoms with E-state index in [-0.39, 0.29) is 11.9 Å². The normalized spacial score (nSPS) is 12.3. The summed E-state index contributed by atoms with van der Waals surface area (Å²) in [5.41, 5.74) is 3.78. The SMILES string of the molecule is C[C@@H](NCCC(c1ccccc1)c1ccccc1)c1ccc(F)cc1. The van der Waals surface area contributed by atoms with Crippen molar-refractivity contribution in [3.05, 3.63) is 107 Å². The van der Waals surface area contributed by atoms with Gasteiger partial charge in [0.05, 0.1) is 0 Å². The zero-order chi connectivity index (χ0) is 17.5. The average Bonchev–Trinajstić information content (AvgIpc) is 2.67. The summed E-state index contributed by atoms with van der Waals surface area (Å²) in [4.78, 5) is 0. The molecule has 0 aliphatic rings. The maximum absolute atomic E-state index is 13.1. The predicted molar refractivity (Wildman–Crippen MR) is 102 cm³/mol. The Hall–Kier alpha value is -2.45. The van der Waals surface area contributed by atoms with Gasteiger partial charge in [0, 0.05) is 12.0 Å². The third-order valence-electron chi connectivity index (χ3n) is 4.66. The molecule has 1 nitrogen and oxygen atoms in total. The van der Waals surface area contributed by atoms with E-state index in [2.05, 4.69) is 72.9 Å². The molecule has 0 saturated carbocycles. The van der Waals surface area contributed by atoms with Crippen molar-refractivity contribution in [1.29, 1.82) is 0 Å². The van der Waals surface area contributed by atoms with Crippen LogP contribution in [0.25, 0.3) is 0 Å². The van der Waals surface area contributed by atoms with Crippen LogP contribution in [0, 0.1) is 5.82 Å². The lowest BCUT2D eigenvalue weighted by molar-refractivity contribution is 0.538. The molecule has 1 N–H and O–H groups in total. The van der Waals surface area contributed by atoms with Crippen molar-refractivity contribution in [3.8, 4) is 0 Å². The van der Waals surface area contributed by atoms with Crippen LogP contribution in [0.3, 0.4) is 0 Å². The smallest absolute Gasteiger partial charge is 0.123 e. The van der Waals surface area contributed by atoms with Crippen molar-refractivity contribution in [3.63, 3.8) is 0 Å². The Kier molecular flexibility index (Phi) is 5.97. The Bertz CT molecular complexity index is 714. The summed E-state index contributed by atoms with van der Waals surface area (Å²) >= 11 is 0. The highest BCUT2D eigenvalue weighted by Gasteiger charge is 2.14. The zero-order valence-corrected chi connectivity index (χ0v) is 14.5. The van der Waals surface area contributed by atoms with Crippen LogP contribution in [0.15, 0.2) is 84.9 Å². The van der Waals surface area contributed by atoms with Gasteiger partial charge in [-0.1, -0.05) is 72.8 Å². The van der Waals surface area contributed by atoms with E-state index < -0.39 is 0 Å². The number of benzene rings is 3. The number of rotatable bonds is 7. The standard InChI is InChI=1S/C23H24FN/c1-18(19-12-14-22(24)15-13-19)25-17-16-23(20-8-4-2-5-9-20)21-10-6-3-7-11-21/h2-15,18,23,25H,16-17H2,1H3/t18-/m1/s1. The van der Waals surface area contributed by atoms with Gasteiger partial charge in [0.15, 0.2) is 0 Å². The van der Waals surface area contributed by atoms with Crippen LogP contribution < -0.4 is 5.32 Å². The van der Waals surface area contributed by atoms with Crippen molar-refractivity contribution in [2.24, 2.45) is 0 Å². The lowest BCUT2D eigenvalue weighted by atomic mass is 9.88. The second kappa shape index (κ2) is 8.59. The molecule has 0 aliphatic carbocycles. The van der Waals surface area contributed by atoms with Crippen molar-refractivity contribution >= 4 is 0 Å². The molecule has 0 bridgehead atoms. The molecule has 0 aromatic heterocycles. The molecule has 1 atom stereocenters. The largest absolute Gasteiger partial charge is 0.310 e. The van der Waals surface area contributed by atoms with E-state index in [0.717, 1.165) is 18.5 Å². The molecule has 3 rings (SSSR count). The van der Waals surface area contributed by atoms with E-state index in [1.54, 1.807) is 0 Å². The van der Waals surface area contributed by atoms with E-state index in [0.29, 0.717) is 5.92 Å². The minimum atomic E-state index is -0.191. The van der Waals surface area contributed by atoms with E-state index in [9.17, 15) is 4.39 Å². The first-order valence-electron chi connectivity index (χ1n) is 8.83. The Morgan fingerprint density at radius 1 is 0.720 bits per heavy atom. The Morgan fingerprint density at radius 2 is 1.24 bits per heavy atom. The van der Waals surface area contributed by atoms with Crippen LogP contribution in [0.1, 0.15) is 42.0 Å². The molecule has 25 heavy (non-hydrogen) atoms. The van der Waals surface area contributed by atoms with Crippen molar-refractivity contribution in [2.45, 2.75) is 25.3 Å². The Labute approximate surface area is 149 Å². The van der Waals surface area contributed by atoms with Crippen molar-refractivity contribution < 1.29 is 4.39 Å². The molecular formula is C23H24FN. The van der Waals surface area contributed by atoms with Gasteiger partial charge in [-0.25, -0.2) is 4.39 Å². The first-order valence-corrected chi connectivity index (χ1v) is 8.83. The lowest BCUT2D eigenvalue weighted by Gasteiger charge is -2.20. The fourth-order valence-electron chi connectivity index (χ4n) is 3.21. The van der Waals surface area contributed by atoms with E-state index in [4.69, 9.17) is 0 Å². The molecule has 3 aromatic rings. The summed E-state index contributed by atoms with van der Waals surface area (Å²) in [7, 11) is 0. The molecule has 0 saturated heterocycles. The van der Waals surface area contributed by atoms with Gasteiger partial charge in [-0.05, 0) is 48.7 Å². The monoisotopic (exact) mass is 333 g/mol. The van der Waals surface area contributed by atoms with Gasteiger partial charge in [-0.15, -0.1) is 0 Å². The highest BCUT2D eigenvalue weighted by atomic mass is 19.1. The van der Waals surface area contributed by atoms with Crippen LogP contribution in [-0.4, -0.2) is 6.54 Å². The molecule has 0 unspecified atom stereocenters. The van der Waals surface area contributed by atoms with Gasteiger partial charge >= 0.3 is 0 Å². The topological polar surface area (TPSA) is 12.0 Å². The first-order chi connectivity index (χ1) is 12.2. The van der Waals surface area contributed by atoms with Gasteiger partial charge in [0.25, 0.3) is 0 Å². The molecule has 128 valence electrons. The number of hydrogen-bond acceptors (Lipinski definition) is 1. The predicted octanol–water partition coefficient (Wildman–Crippen LogP) is 5.70. The highest BCUT2D eigenvalue weighted by molar-refractivity contribution is 5.32. The highest BCUT2D eigenvalue weighted by Crippen LogP contribution is 2.27. The van der Waals surface area contributed by atoms with Gasteiger partial charge in [-0.3, -0.25) is 0 Å². The van der Waals surface area contributed by atoms with Gasteiger partial charge < -0.3 is 5.32 Å².